The molecule has 1 aliphatic rings. The molecule has 4 nitrogen and oxygen atoms in total. The Labute approximate surface area is 106 Å². The summed E-state index contributed by atoms with van der Waals surface area (Å²) in [5.41, 5.74) is 0. The van der Waals surface area contributed by atoms with Crippen LogP contribution in [0.1, 0.15) is 32.1 Å². The lowest BCUT2D eigenvalue weighted by Gasteiger charge is -2.28. The van der Waals surface area contributed by atoms with E-state index in [0.29, 0.717) is 19.0 Å². The van der Waals surface area contributed by atoms with Crippen LogP contribution in [0.25, 0.3) is 0 Å². The number of hydrogen-bond acceptors (Lipinski definition) is 3. The molecule has 1 saturated carbocycles. The summed E-state index contributed by atoms with van der Waals surface area (Å²) in [5.74, 6) is 0.570. The van der Waals surface area contributed by atoms with Gasteiger partial charge in [0, 0.05) is 19.6 Å². The van der Waals surface area contributed by atoms with Crippen molar-refractivity contribution in [3.8, 4) is 0 Å². The fourth-order valence-electron chi connectivity index (χ4n) is 2.36. The lowest BCUT2D eigenvalue weighted by atomic mass is 9.89. The number of sulfonamides is 1. The van der Waals surface area contributed by atoms with Gasteiger partial charge in [0.05, 0.1) is 6.26 Å². The molecule has 0 aliphatic heterocycles. The second-order valence-corrected chi connectivity index (χ2v) is 7.41. The van der Waals surface area contributed by atoms with Gasteiger partial charge in [-0.25, -0.2) is 12.7 Å². The van der Waals surface area contributed by atoms with Gasteiger partial charge in [0.25, 0.3) is 0 Å². The second kappa shape index (κ2) is 6.71. The standard InChI is InChI=1S/C12H26N2O2S/c1-13(2)9-10-14(17(3,15)16)11-12-7-5-4-6-8-12/h12H,4-11H2,1-3H3. The third-order valence-corrected chi connectivity index (χ3v) is 4.72. The van der Waals surface area contributed by atoms with Gasteiger partial charge in [-0.2, -0.15) is 0 Å². The molecule has 1 aliphatic carbocycles. The third-order valence-electron chi connectivity index (χ3n) is 3.45. The maximum Gasteiger partial charge on any atom is 0.211 e. The summed E-state index contributed by atoms with van der Waals surface area (Å²) in [6, 6.07) is 0. The highest BCUT2D eigenvalue weighted by atomic mass is 32.2. The summed E-state index contributed by atoms with van der Waals surface area (Å²) >= 11 is 0. The molecule has 102 valence electrons. The molecular weight excluding hydrogens is 236 g/mol. The molecule has 0 aromatic carbocycles. The smallest absolute Gasteiger partial charge is 0.211 e. The number of nitrogens with zero attached hydrogens (tertiary/aromatic N) is 2. The lowest BCUT2D eigenvalue weighted by molar-refractivity contribution is 0.262. The van der Waals surface area contributed by atoms with Crippen LogP contribution in [-0.2, 0) is 10.0 Å². The molecule has 0 heterocycles. The highest BCUT2D eigenvalue weighted by Gasteiger charge is 2.22. The largest absolute Gasteiger partial charge is 0.308 e. The Bertz CT molecular complexity index is 308. The monoisotopic (exact) mass is 262 g/mol. The first-order valence-electron chi connectivity index (χ1n) is 6.49. The minimum atomic E-state index is -3.05. The predicted octanol–water partition coefficient (Wildman–Crippen LogP) is 1.39. The van der Waals surface area contributed by atoms with Crippen molar-refractivity contribution in [1.29, 1.82) is 0 Å². The maximum atomic E-state index is 11.7. The summed E-state index contributed by atoms with van der Waals surface area (Å²) in [7, 11) is 0.893. The quantitative estimate of drug-likeness (QED) is 0.726. The van der Waals surface area contributed by atoms with Gasteiger partial charge in [0.15, 0.2) is 0 Å². The van der Waals surface area contributed by atoms with Crippen LogP contribution >= 0.6 is 0 Å². The Kier molecular flexibility index (Phi) is 5.89. The summed E-state index contributed by atoms with van der Waals surface area (Å²) < 4.78 is 25.1. The lowest BCUT2D eigenvalue weighted by Crippen LogP contribution is -2.39. The first-order valence-corrected chi connectivity index (χ1v) is 8.34. The minimum Gasteiger partial charge on any atom is -0.308 e. The summed E-state index contributed by atoms with van der Waals surface area (Å²) in [6.07, 6.45) is 7.53. The molecule has 0 aromatic heterocycles. The Morgan fingerprint density at radius 1 is 1.06 bits per heavy atom. The molecule has 17 heavy (non-hydrogen) atoms. The van der Waals surface area contributed by atoms with Crippen LogP contribution in [-0.4, -0.2) is 57.6 Å². The minimum absolute atomic E-state index is 0.570. The van der Waals surface area contributed by atoms with Crippen molar-refractivity contribution < 1.29 is 8.42 Å². The van der Waals surface area contributed by atoms with Crippen LogP contribution in [0.15, 0.2) is 0 Å². The van der Waals surface area contributed by atoms with E-state index in [0.717, 1.165) is 6.54 Å². The summed E-state index contributed by atoms with van der Waals surface area (Å²) in [5, 5.41) is 0. The topological polar surface area (TPSA) is 40.6 Å². The zero-order valence-corrected chi connectivity index (χ0v) is 12.2. The van der Waals surface area contributed by atoms with Gasteiger partial charge in [-0.3, -0.25) is 0 Å². The molecule has 1 fully saturated rings. The van der Waals surface area contributed by atoms with E-state index in [4.69, 9.17) is 0 Å². The SMILES string of the molecule is CN(C)CCN(CC1CCCCC1)S(C)(=O)=O. The van der Waals surface area contributed by atoms with E-state index in [1.165, 1.54) is 38.4 Å². The fraction of sp³-hybridized carbons (Fsp3) is 1.00. The van der Waals surface area contributed by atoms with E-state index in [-0.39, 0.29) is 0 Å². The van der Waals surface area contributed by atoms with E-state index in [1.54, 1.807) is 4.31 Å². The molecule has 0 unspecified atom stereocenters. The normalized spacial score (nSPS) is 19.1. The van der Waals surface area contributed by atoms with Crippen LogP contribution in [0.4, 0.5) is 0 Å². The molecule has 0 atom stereocenters. The molecule has 0 N–H and O–H groups in total. The van der Waals surface area contributed by atoms with Crippen LogP contribution < -0.4 is 0 Å². The van der Waals surface area contributed by atoms with Gasteiger partial charge in [0.1, 0.15) is 0 Å². The van der Waals surface area contributed by atoms with Gasteiger partial charge in [-0.15, -0.1) is 0 Å². The first kappa shape index (κ1) is 14.9. The molecule has 0 aromatic rings. The number of hydrogen-bond donors (Lipinski definition) is 0. The molecule has 0 bridgehead atoms. The summed E-state index contributed by atoms with van der Waals surface area (Å²) in [4.78, 5) is 2.03. The number of rotatable bonds is 6. The average molecular weight is 262 g/mol. The van der Waals surface area contributed by atoms with Crippen molar-refractivity contribution >= 4 is 10.0 Å². The van der Waals surface area contributed by atoms with E-state index < -0.39 is 10.0 Å². The van der Waals surface area contributed by atoms with Crippen molar-refractivity contribution in [3.05, 3.63) is 0 Å². The fourth-order valence-corrected chi connectivity index (χ4v) is 3.26. The zero-order chi connectivity index (χ0) is 12.9. The van der Waals surface area contributed by atoms with Crippen LogP contribution in [0, 0.1) is 5.92 Å². The highest BCUT2D eigenvalue weighted by Crippen LogP contribution is 2.24. The first-order chi connectivity index (χ1) is 7.89. The van der Waals surface area contributed by atoms with Crippen molar-refractivity contribution in [2.75, 3.05) is 40.0 Å². The molecular formula is C12H26N2O2S. The Morgan fingerprint density at radius 3 is 2.12 bits per heavy atom. The molecule has 5 heteroatoms. The molecule has 0 spiro atoms. The van der Waals surface area contributed by atoms with E-state index >= 15 is 0 Å². The Balaban J connectivity index is 2.50. The van der Waals surface area contributed by atoms with Gasteiger partial charge in [-0.1, -0.05) is 19.3 Å². The number of likely N-dealkylation sites (N-methyl/N-ethyl adjacent to an activating group) is 1. The molecule has 0 saturated heterocycles. The Morgan fingerprint density at radius 2 is 1.65 bits per heavy atom. The second-order valence-electron chi connectivity index (χ2n) is 5.43. The molecule has 1 rings (SSSR count). The molecule has 0 radical (unpaired) electrons. The van der Waals surface area contributed by atoms with Gasteiger partial charge < -0.3 is 4.90 Å². The van der Waals surface area contributed by atoms with E-state index in [9.17, 15) is 8.42 Å². The zero-order valence-electron chi connectivity index (χ0n) is 11.4. The summed E-state index contributed by atoms with van der Waals surface area (Å²) in [6.45, 7) is 2.12. The van der Waals surface area contributed by atoms with Crippen molar-refractivity contribution in [1.82, 2.24) is 9.21 Å². The van der Waals surface area contributed by atoms with Gasteiger partial charge in [-0.05, 0) is 32.9 Å². The van der Waals surface area contributed by atoms with Crippen LogP contribution in [0.2, 0.25) is 0 Å². The highest BCUT2D eigenvalue weighted by molar-refractivity contribution is 7.88. The van der Waals surface area contributed by atoms with Crippen molar-refractivity contribution in [2.45, 2.75) is 32.1 Å². The van der Waals surface area contributed by atoms with E-state index in [2.05, 4.69) is 0 Å². The van der Waals surface area contributed by atoms with Crippen molar-refractivity contribution in [3.63, 3.8) is 0 Å². The van der Waals surface area contributed by atoms with E-state index in [1.807, 2.05) is 19.0 Å². The Hall–Kier alpha value is -0.130. The molecule has 0 amide bonds. The van der Waals surface area contributed by atoms with Crippen LogP contribution in [0.3, 0.4) is 0 Å². The maximum absolute atomic E-state index is 11.7. The van der Waals surface area contributed by atoms with Crippen LogP contribution in [0.5, 0.6) is 0 Å². The average Bonchev–Trinajstić information content (AvgIpc) is 2.23. The van der Waals surface area contributed by atoms with Gasteiger partial charge in [0.2, 0.25) is 10.0 Å². The third kappa shape index (κ3) is 5.84. The predicted molar refractivity (Wildman–Crippen MR) is 71.5 cm³/mol. The van der Waals surface area contributed by atoms with Gasteiger partial charge >= 0.3 is 0 Å². The van der Waals surface area contributed by atoms with Crippen molar-refractivity contribution in [2.24, 2.45) is 5.92 Å².